The SMILES string of the molecule is O=[N+]([O-])c1ccsc1-c1cc2cc3sc(-c4sccc4[N+](=O)[O-])cc3cc2s1. The number of hydrogen-bond acceptors (Lipinski definition) is 8. The maximum atomic E-state index is 11.2. The molecule has 1 aromatic carbocycles. The van der Waals surface area contributed by atoms with Gasteiger partial charge in [-0.2, -0.15) is 0 Å². The summed E-state index contributed by atoms with van der Waals surface area (Å²) in [4.78, 5) is 24.8. The van der Waals surface area contributed by atoms with E-state index in [0.717, 1.165) is 29.9 Å². The van der Waals surface area contributed by atoms with E-state index in [-0.39, 0.29) is 21.2 Å². The first-order valence-electron chi connectivity index (χ1n) is 7.93. The average molecular weight is 445 g/mol. The van der Waals surface area contributed by atoms with E-state index in [1.165, 1.54) is 57.5 Å². The fourth-order valence-electron chi connectivity index (χ4n) is 3.06. The van der Waals surface area contributed by atoms with Gasteiger partial charge in [-0.05, 0) is 45.8 Å². The van der Waals surface area contributed by atoms with Gasteiger partial charge in [-0.25, -0.2) is 0 Å². The maximum Gasteiger partial charge on any atom is 0.288 e. The Morgan fingerprint density at radius 1 is 0.679 bits per heavy atom. The fraction of sp³-hybridized carbons (Fsp3) is 0. The molecular formula is C18H8N2O4S4. The molecule has 10 heteroatoms. The number of nitrogens with zero attached hydrogens (tertiary/aromatic N) is 2. The second-order valence-electron chi connectivity index (χ2n) is 5.93. The van der Waals surface area contributed by atoms with Crippen LogP contribution in [0.15, 0.2) is 47.2 Å². The van der Waals surface area contributed by atoms with Gasteiger partial charge < -0.3 is 0 Å². The molecule has 0 bridgehead atoms. The molecule has 6 nitrogen and oxygen atoms in total. The van der Waals surface area contributed by atoms with E-state index in [9.17, 15) is 20.2 Å². The van der Waals surface area contributed by atoms with Gasteiger partial charge in [0.15, 0.2) is 0 Å². The summed E-state index contributed by atoms with van der Waals surface area (Å²) in [5, 5.41) is 27.9. The molecule has 4 heterocycles. The third kappa shape index (κ3) is 2.73. The molecule has 0 unspecified atom stereocenters. The van der Waals surface area contributed by atoms with Crippen molar-refractivity contribution in [3.8, 4) is 19.5 Å². The summed E-state index contributed by atoms with van der Waals surface area (Å²) in [6.07, 6.45) is 0. The molecule has 0 saturated carbocycles. The molecule has 0 aliphatic carbocycles. The number of fused-ring (bicyclic) bond motifs is 2. The molecule has 0 atom stereocenters. The molecule has 0 N–H and O–H groups in total. The molecule has 0 aliphatic rings. The first kappa shape index (κ1) is 17.4. The lowest BCUT2D eigenvalue weighted by Crippen LogP contribution is -1.85. The largest absolute Gasteiger partial charge is 0.288 e. The molecule has 0 aliphatic heterocycles. The van der Waals surface area contributed by atoms with Crippen molar-refractivity contribution in [2.45, 2.75) is 0 Å². The second-order valence-corrected chi connectivity index (χ2v) is 9.93. The van der Waals surface area contributed by atoms with Crippen LogP contribution in [0.3, 0.4) is 0 Å². The molecule has 0 radical (unpaired) electrons. The summed E-state index contributed by atoms with van der Waals surface area (Å²) in [6, 6.07) is 11.1. The second kappa shape index (κ2) is 6.45. The summed E-state index contributed by atoms with van der Waals surface area (Å²) in [6.45, 7) is 0. The number of thiophene rings is 4. The summed E-state index contributed by atoms with van der Waals surface area (Å²) in [5.41, 5.74) is 0.260. The zero-order chi connectivity index (χ0) is 19.4. The summed E-state index contributed by atoms with van der Waals surface area (Å²) in [7, 11) is 0. The predicted octanol–water partition coefficient (Wildman–Crippen LogP) is 7.39. The normalized spacial score (nSPS) is 11.4. The van der Waals surface area contributed by atoms with Gasteiger partial charge in [-0.3, -0.25) is 20.2 Å². The fourth-order valence-corrected chi connectivity index (χ4v) is 7.22. The van der Waals surface area contributed by atoms with Crippen molar-refractivity contribution in [3.05, 3.63) is 67.4 Å². The van der Waals surface area contributed by atoms with Crippen LogP contribution in [0, 0.1) is 20.2 Å². The highest BCUT2D eigenvalue weighted by atomic mass is 32.1. The van der Waals surface area contributed by atoms with Gasteiger partial charge in [0.05, 0.1) is 19.6 Å². The first-order chi connectivity index (χ1) is 13.5. The molecule has 4 aromatic heterocycles. The lowest BCUT2D eigenvalue weighted by atomic mass is 10.2. The van der Waals surface area contributed by atoms with Gasteiger partial charge in [0.1, 0.15) is 9.75 Å². The Morgan fingerprint density at radius 2 is 1.11 bits per heavy atom. The predicted molar refractivity (Wildman–Crippen MR) is 117 cm³/mol. The smallest absolute Gasteiger partial charge is 0.258 e. The van der Waals surface area contributed by atoms with E-state index in [2.05, 4.69) is 12.1 Å². The summed E-state index contributed by atoms with van der Waals surface area (Å²) < 4.78 is 2.07. The van der Waals surface area contributed by atoms with Crippen molar-refractivity contribution < 1.29 is 9.85 Å². The molecule has 0 spiro atoms. The van der Waals surface area contributed by atoms with E-state index >= 15 is 0 Å². The van der Waals surface area contributed by atoms with Crippen LogP contribution in [-0.4, -0.2) is 9.85 Å². The van der Waals surface area contributed by atoms with E-state index in [1.54, 1.807) is 10.8 Å². The topological polar surface area (TPSA) is 86.3 Å². The highest BCUT2D eigenvalue weighted by Gasteiger charge is 2.21. The van der Waals surface area contributed by atoms with Crippen LogP contribution >= 0.6 is 45.3 Å². The van der Waals surface area contributed by atoms with Crippen molar-refractivity contribution in [1.29, 1.82) is 0 Å². The van der Waals surface area contributed by atoms with Gasteiger partial charge in [0.2, 0.25) is 0 Å². The molecule has 28 heavy (non-hydrogen) atoms. The molecule has 5 aromatic rings. The molecule has 0 saturated heterocycles. The maximum absolute atomic E-state index is 11.2. The molecule has 0 fully saturated rings. The number of nitro groups is 2. The third-order valence-electron chi connectivity index (χ3n) is 4.29. The zero-order valence-electron chi connectivity index (χ0n) is 13.8. The number of benzene rings is 1. The molecular weight excluding hydrogens is 436 g/mol. The van der Waals surface area contributed by atoms with E-state index in [4.69, 9.17) is 0 Å². The van der Waals surface area contributed by atoms with Gasteiger partial charge >= 0.3 is 0 Å². The number of hydrogen-bond donors (Lipinski definition) is 0. The van der Waals surface area contributed by atoms with E-state index in [0.29, 0.717) is 9.75 Å². The minimum Gasteiger partial charge on any atom is -0.258 e. The van der Waals surface area contributed by atoms with Gasteiger partial charge in [-0.15, -0.1) is 45.3 Å². The Labute approximate surface area is 173 Å². The van der Waals surface area contributed by atoms with Gasteiger partial charge in [0, 0.05) is 21.5 Å². The molecule has 0 amide bonds. The summed E-state index contributed by atoms with van der Waals surface area (Å²) >= 11 is 5.78. The Balaban J connectivity index is 1.63. The van der Waals surface area contributed by atoms with Crippen LogP contribution in [0.25, 0.3) is 39.7 Å². The zero-order valence-corrected chi connectivity index (χ0v) is 17.0. The highest BCUT2D eigenvalue weighted by Crippen LogP contribution is 2.45. The first-order valence-corrected chi connectivity index (χ1v) is 11.3. The molecule has 5 rings (SSSR count). The van der Waals surface area contributed by atoms with Gasteiger partial charge in [0.25, 0.3) is 11.4 Å². The van der Waals surface area contributed by atoms with Crippen LogP contribution in [0.2, 0.25) is 0 Å². The Morgan fingerprint density at radius 3 is 1.50 bits per heavy atom. The standard InChI is InChI=1S/C18H8N2O4S4/c21-19(22)11-1-3-25-17(11)15-7-9-5-14-10(6-13(9)27-15)8-16(28-14)18-12(20(23)24)2-4-26-18/h1-8H. The van der Waals surface area contributed by atoms with Crippen molar-refractivity contribution in [1.82, 2.24) is 0 Å². The van der Waals surface area contributed by atoms with Crippen molar-refractivity contribution in [3.63, 3.8) is 0 Å². The van der Waals surface area contributed by atoms with Crippen molar-refractivity contribution in [2.75, 3.05) is 0 Å². The highest BCUT2D eigenvalue weighted by molar-refractivity contribution is 7.27. The average Bonchev–Trinajstić information content (AvgIpc) is 3.42. The Kier molecular flexibility index (Phi) is 4.02. The van der Waals surface area contributed by atoms with Crippen LogP contribution in [0.1, 0.15) is 0 Å². The van der Waals surface area contributed by atoms with Crippen molar-refractivity contribution in [2.24, 2.45) is 0 Å². The minimum absolute atomic E-state index is 0.130. The van der Waals surface area contributed by atoms with Crippen LogP contribution < -0.4 is 0 Å². The Hall–Kier alpha value is -2.66. The monoisotopic (exact) mass is 444 g/mol. The minimum atomic E-state index is -0.352. The van der Waals surface area contributed by atoms with Gasteiger partial charge in [-0.1, -0.05) is 0 Å². The Bertz CT molecular complexity index is 1240. The quantitative estimate of drug-likeness (QED) is 0.214. The van der Waals surface area contributed by atoms with Crippen LogP contribution in [-0.2, 0) is 0 Å². The van der Waals surface area contributed by atoms with Crippen molar-refractivity contribution >= 4 is 76.9 Å². The third-order valence-corrected chi connectivity index (χ3v) is 8.65. The van der Waals surface area contributed by atoms with Crippen LogP contribution in [0.5, 0.6) is 0 Å². The summed E-state index contributed by atoms with van der Waals surface area (Å²) in [5.74, 6) is 0. The van der Waals surface area contributed by atoms with E-state index < -0.39 is 0 Å². The molecule has 138 valence electrons. The van der Waals surface area contributed by atoms with Crippen LogP contribution in [0.4, 0.5) is 11.4 Å². The lowest BCUT2D eigenvalue weighted by molar-refractivity contribution is -0.383. The lowest BCUT2D eigenvalue weighted by Gasteiger charge is -1.91. The van der Waals surface area contributed by atoms with E-state index in [1.807, 2.05) is 12.1 Å². The number of rotatable bonds is 4.